The van der Waals surface area contributed by atoms with E-state index < -0.39 is 5.97 Å². The normalized spacial score (nSPS) is 16.4. The van der Waals surface area contributed by atoms with E-state index in [1.165, 1.54) is 5.56 Å². The molecular weight excluding hydrogens is 282 g/mol. The van der Waals surface area contributed by atoms with Crippen LogP contribution in [-0.4, -0.2) is 11.9 Å². The summed E-state index contributed by atoms with van der Waals surface area (Å²) in [5, 5.41) is 3.92. The average Bonchev–Trinajstić information content (AvgIpc) is 3.10. The van der Waals surface area contributed by atoms with Crippen LogP contribution < -0.4 is 0 Å². The van der Waals surface area contributed by atoms with Crippen LogP contribution >= 0.6 is 11.3 Å². The molecule has 2 aromatic rings. The standard InChI is InChI=1S/C17H15NO2S/c1-11(2)13-3-5-14(6-4-13)16-18-15(17(19)20-16)9-12-7-8-21-10-12/h3-11H,1-2H3/b15-9-. The highest BCUT2D eigenvalue weighted by molar-refractivity contribution is 7.08. The third-order valence-electron chi connectivity index (χ3n) is 3.29. The van der Waals surface area contributed by atoms with Gasteiger partial charge >= 0.3 is 5.97 Å². The van der Waals surface area contributed by atoms with Gasteiger partial charge in [-0.25, -0.2) is 9.79 Å². The van der Waals surface area contributed by atoms with Gasteiger partial charge in [-0.1, -0.05) is 26.0 Å². The molecule has 4 heteroatoms. The minimum atomic E-state index is -0.399. The molecule has 0 aliphatic carbocycles. The fourth-order valence-corrected chi connectivity index (χ4v) is 2.68. The number of ether oxygens (including phenoxy) is 1. The first-order chi connectivity index (χ1) is 10.1. The Balaban J connectivity index is 1.88. The minimum absolute atomic E-state index is 0.344. The largest absolute Gasteiger partial charge is 0.402 e. The zero-order chi connectivity index (χ0) is 14.8. The molecule has 0 unspecified atom stereocenters. The van der Waals surface area contributed by atoms with Crippen LogP contribution in [0.1, 0.15) is 36.5 Å². The van der Waals surface area contributed by atoms with Gasteiger partial charge in [-0.2, -0.15) is 11.3 Å². The van der Waals surface area contributed by atoms with Crippen LogP contribution in [0.5, 0.6) is 0 Å². The van der Waals surface area contributed by atoms with Crippen LogP contribution in [0.25, 0.3) is 6.08 Å². The molecular formula is C17H15NO2S. The Hall–Kier alpha value is -2.20. The summed E-state index contributed by atoms with van der Waals surface area (Å²) in [6.45, 7) is 4.29. The van der Waals surface area contributed by atoms with Crippen molar-refractivity contribution in [2.45, 2.75) is 19.8 Å². The van der Waals surface area contributed by atoms with Crippen molar-refractivity contribution in [3.63, 3.8) is 0 Å². The number of carbonyl (C=O) groups is 1. The van der Waals surface area contributed by atoms with E-state index >= 15 is 0 Å². The summed E-state index contributed by atoms with van der Waals surface area (Å²) in [5.74, 6) is 0.446. The van der Waals surface area contributed by atoms with Crippen molar-refractivity contribution < 1.29 is 9.53 Å². The number of cyclic esters (lactones) is 1. The van der Waals surface area contributed by atoms with Crippen molar-refractivity contribution in [3.05, 3.63) is 63.5 Å². The van der Waals surface area contributed by atoms with Crippen molar-refractivity contribution in [1.82, 2.24) is 0 Å². The molecule has 0 spiro atoms. The quantitative estimate of drug-likeness (QED) is 0.628. The Bertz CT molecular complexity index is 710. The smallest absolute Gasteiger partial charge is 0.363 e. The summed E-state index contributed by atoms with van der Waals surface area (Å²) in [6, 6.07) is 9.90. The van der Waals surface area contributed by atoms with Gasteiger partial charge in [0.15, 0.2) is 5.70 Å². The summed E-state index contributed by atoms with van der Waals surface area (Å²) in [5.41, 5.74) is 3.38. The molecule has 1 aromatic carbocycles. The average molecular weight is 297 g/mol. The molecule has 21 heavy (non-hydrogen) atoms. The molecule has 0 bridgehead atoms. The van der Waals surface area contributed by atoms with Crippen LogP contribution in [0.3, 0.4) is 0 Å². The second-order valence-electron chi connectivity index (χ2n) is 5.17. The lowest BCUT2D eigenvalue weighted by Gasteiger charge is -2.05. The first-order valence-corrected chi connectivity index (χ1v) is 7.73. The van der Waals surface area contributed by atoms with E-state index in [9.17, 15) is 4.79 Å². The number of rotatable bonds is 3. The van der Waals surface area contributed by atoms with Crippen molar-refractivity contribution in [3.8, 4) is 0 Å². The predicted molar refractivity (Wildman–Crippen MR) is 85.5 cm³/mol. The molecule has 3 nitrogen and oxygen atoms in total. The van der Waals surface area contributed by atoms with Gasteiger partial charge in [0, 0.05) is 5.56 Å². The fourth-order valence-electron chi connectivity index (χ4n) is 2.06. The zero-order valence-electron chi connectivity index (χ0n) is 11.9. The monoisotopic (exact) mass is 297 g/mol. The number of carbonyl (C=O) groups excluding carboxylic acids is 1. The number of nitrogens with zero attached hydrogens (tertiary/aromatic N) is 1. The number of thiophene rings is 1. The molecule has 0 fully saturated rings. The Morgan fingerprint density at radius 3 is 2.57 bits per heavy atom. The number of benzene rings is 1. The topological polar surface area (TPSA) is 38.7 Å². The first kappa shape index (κ1) is 13.8. The van der Waals surface area contributed by atoms with Crippen molar-refractivity contribution >= 4 is 29.3 Å². The number of aliphatic imine (C=N–C) groups is 1. The molecule has 0 radical (unpaired) electrons. The molecule has 1 aliphatic heterocycles. The summed E-state index contributed by atoms with van der Waals surface area (Å²) in [6.07, 6.45) is 1.74. The summed E-state index contributed by atoms with van der Waals surface area (Å²) >= 11 is 1.58. The van der Waals surface area contributed by atoms with Gasteiger partial charge in [0.25, 0.3) is 0 Å². The predicted octanol–water partition coefficient (Wildman–Crippen LogP) is 4.22. The highest BCUT2D eigenvalue weighted by Crippen LogP contribution is 2.21. The highest BCUT2D eigenvalue weighted by Gasteiger charge is 2.24. The van der Waals surface area contributed by atoms with Crippen LogP contribution in [0.2, 0.25) is 0 Å². The SMILES string of the molecule is CC(C)c1ccc(C2=N/C(=C\c3ccsc3)C(=O)O2)cc1. The number of esters is 1. The number of hydrogen-bond acceptors (Lipinski definition) is 4. The van der Waals surface area contributed by atoms with E-state index in [2.05, 4.69) is 18.8 Å². The van der Waals surface area contributed by atoms with E-state index in [1.807, 2.05) is 41.1 Å². The van der Waals surface area contributed by atoms with Crippen LogP contribution in [0.4, 0.5) is 0 Å². The lowest BCUT2D eigenvalue weighted by Crippen LogP contribution is -2.05. The highest BCUT2D eigenvalue weighted by atomic mass is 32.1. The van der Waals surface area contributed by atoms with Crippen molar-refractivity contribution in [2.24, 2.45) is 4.99 Å². The lowest BCUT2D eigenvalue weighted by molar-refractivity contribution is -0.129. The third-order valence-corrected chi connectivity index (χ3v) is 3.99. The summed E-state index contributed by atoms with van der Waals surface area (Å²) in [7, 11) is 0. The Kier molecular flexibility index (Phi) is 3.71. The van der Waals surface area contributed by atoms with Gasteiger partial charge in [-0.05, 0) is 52.1 Å². The first-order valence-electron chi connectivity index (χ1n) is 6.78. The van der Waals surface area contributed by atoms with E-state index in [1.54, 1.807) is 17.4 Å². The number of hydrogen-bond donors (Lipinski definition) is 0. The fraction of sp³-hybridized carbons (Fsp3) is 0.176. The molecule has 1 aromatic heterocycles. The molecule has 106 valence electrons. The zero-order valence-corrected chi connectivity index (χ0v) is 12.7. The van der Waals surface area contributed by atoms with Gasteiger partial charge in [-0.3, -0.25) is 0 Å². The molecule has 0 amide bonds. The maximum absolute atomic E-state index is 11.9. The molecule has 2 heterocycles. The molecule has 1 aliphatic rings. The Morgan fingerprint density at radius 2 is 1.95 bits per heavy atom. The van der Waals surface area contributed by atoms with Crippen molar-refractivity contribution in [1.29, 1.82) is 0 Å². The van der Waals surface area contributed by atoms with Gasteiger partial charge in [-0.15, -0.1) is 0 Å². The van der Waals surface area contributed by atoms with Crippen LogP contribution in [-0.2, 0) is 9.53 Å². The summed E-state index contributed by atoms with van der Waals surface area (Å²) in [4.78, 5) is 16.2. The molecule has 3 rings (SSSR count). The molecule has 0 atom stereocenters. The van der Waals surface area contributed by atoms with E-state index in [0.717, 1.165) is 11.1 Å². The molecule has 0 saturated carbocycles. The maximum atomic E-state index is 11.9. The maximum Gasteiger partial charge on any atom is 0.363 e. The second-order valence-corrected chi connectivity index (χ2v) is 5.95. The molecule has 0 N–H and O–H groups in total. The van der Waals surface area contributed by atoms with Crippen LogP contribution in [0.15, 0.2) is 51.8 Å². The van der Waals surface area contributed by atoms with Gasteiger partial charge in [0.1, 0.15) is 0 Å². The Labute approximate surface area is 127 Å². The lowest BCUT2D eigenvalue weighted by atomic mass is 10.0. The van der Waals surface area contributed by atoms with Gasteiger partial charge in [0.2, 0.25) is 5.90 Å². The summed E-state index contributed by atoms with van der Waals surface area (Å²) < 4.78 is 5.26. The second kappa shape index (κ2) is 5.66. The van der Waals surface area contributed by atoms with Gasteiger partial charge in [0.05, 0.1) is 0 Å². The minimum Gasteiger partial charge on any atom is -0.402 e. The van der Waals surface area contributed by atoms with E-state index in [4.69, 9.17) is 4.74 Å². The Morgan fingerprint density at radius 1 is 1.19 bits per heavy atom. The van der Waals surface area contributed by atoms with E-state index in [0.29, 0.717) is 17.5 Å². The van der Waals surface area contributed by atoms with E-state index in [-0.39, 0.29) is 0 Å². The van der Waals surface area contributed by atoms with Crippen molar-refractivity contribution in [2.75, 3.05) is 0 Å². The molecule has 0 saturated heterocycles. The van der Waals surface area contributed by atoms with Crippen LogP contribution in [0, 0.1) is 0 Å². The third kappa shape index (κ3) is 2.95. The van der Waals surface area contributed by atoms with Gasteiger partial charge < -0.3 is 4.74 Å².